The molecule has 0 radical (unpaired) electrons. The number of hydrogen-bond donors (Lipinski definition) is 1. The molecular formula is C34H30O3. The van der Waals surface area contributed by atoms with Crippen molar-refractivity contribution < 1.29 is 14.6 Å². The normalized spacial score (nSPS) is 12.0. The number of phenols is 1. The van der Waals surface area contributed by atoms with E-state index in [1.165, 1.54) is 27.1 Å². The first-order valence-corrected chi connectivity index (χ1v) is 12.6. The van der Waals surface area contributed by atoms with E-state index in [1.807, 2.05) is 48.5 Å². The largest absolute Gasteiger partial charge is 0.507 e. The van der Waals surface area contributed by atoms with Crippen molar-refractivity contribution >= 4 is 32.3 Å². The molecule has 0 saturated heterocycles. The highest BCUT2D eigenvalue weighted by Crippen LogP contribution is 2.53. The van der Waals surface area contributed by atoms with Crippen LogP contribution < -0.4 is 9.47 Å². The molecule has 37 heavy (non-hydrogen) atoms. The van der Waals surface area contributed by atoms with Crippen LogP contribution in [-0.4, -0.2) is 19.3 Å². The molecule has 0 unspecified atom stereocenters. The maximum atomic E-state index is 12.1. The van der Waals surface area contributed by atoms with E-state index in [2.05, 4.69) is 57.2 Å². The van der Waals surface area contributed by atoms with Gasteiger partial charge in [0.25, 0.3) is 0 Å². The van der Waals surface area contributed by atoms with Crippen molar-refractivity contribution in [1.29, 1.82) is 0 Å². The van der Waals surface area contributed by atoms with Gasteiger partial charge in [-0.15, -0.1) is 0 Å². The predicted octanol–water partition coefficient (Wildman–Crippen LogP) is 8.94. The summed E-state index contributed by atoms with van der Waals surface area (Å²) in [5.41, 5.74) is 4.66. The van der Waals surface area contributed by atoms with Gasteiger partial charge in [0.05, 0.1) is 14.2 Å². The van der Waals surface area contributed by atoms with Gasteiger partial charge in [0, 0.05) is 11.1 Å². The minimum absolute atomic E-state index is 0.141. The Hall–Kier alpha value is -4.24. The average molecular weight is 487 g/mol. The predicted molar refractivity (Wildman–Crippen MR) is 154 cm³/mol. The number of aromatic hydroxyl groups is 1. The SMILES string of the molecule is COc1ccc(-c2c(O)c(-c3ccc(OC)cc3)c3c(C(C)(C)C)cc4cccc5ccc2c3c54)cc1. The number of hydrogen-bond acceptors (Lipinski definition) is 3. The molecule has 0 amide bonds. The van der Waals surface area contributed by atoms with Gasteiger partial charge in [0.15, 0.2) is 0 Å². The zero-order valence-electron chi connectivity index (χ0n) is 21.8. The van der Waals surface area contributed by atoms with Gasteiger partial charge in [0.2, 0.25) is 0 Å². The summed E-state index contributed by atoms with van der Waals surface area (Å²) >= 11 is 0. The van der Waals surface area contributed by atoms with Crippen molar-refractivity contribution in [3.05, 3.63) is 90.5 Å². The first-order valence-electron chi connectivity index (χ1n) is 12.6. The molecule has 0 saturated carbocycles. The highest BCUT2D eigenvalue weighted by atomic mass is 16.5. The van der Waals surface area contributed by atoms with Gasteiger partial charge in [-0.25, -0.2) is 0 Å². The van der Waals surface area contributed by atoms with Gasteiger partial charge in [-0.3, -0.25) is 0 Å². The van der Waals surface area contributed by atoms with Gasteiger partial charge in [-0.2, -0.15) is 0 Å². The molecule has 0 spiro atoms. The van der Waals surface area contributed by atoms with Gasteiger partial charge >= 0.3 is 0 Å². The second kappa shape index (κ2) is 8.41. The van der Waals surface area contributed by atoms with Crippen molar-refractivity contribution in [3.63, 3.8) is 0 Å². The summed E-state index contributed by atoms with van der Waals surface area (Å²) in [6, 6.07) is 29.0. The van der Waals surface area contributed by atoms with Gasteiger partial charge in [0.1, 0.15) is 17.2 Å². The van der Waals surface area contributed by atoms with E-state index in [9.17, 15) is 5.11 Å². The van der Waals surface area contributed by atoms with E-state index in [0.717, 1.165) is 44.5 Å². The summed E-state index contributed by atoms with van der Waals surface area (Å²) in [4.78, 5) is 0. The van der Waals surface area contributed by atoms with Crippen LogP contribution in [0.5, 0.6) is 17.2 Å². The number of benzene rings is 6. The molecule has 184 valence electrons. The maximum Gasteiger partial charge on any atom is 0.132 e. The summed E-state index contributed by atoms with van der Waals surface area (Å²) < 4.78 is 10.8. The van der Waals surface area contributed by atoms with Crippen molar-refractivity contribution in [2.24, 2.45) is 0 Å². The van der Waals surface area contributed by atoms with Crippen LogP contribution >= 0.6 is 0 Å². The molecule has 6 aromatic rings. The third-order valence-electron chi connectivity index (χ3n) is 7.46. The lowest BCUT2D eigenvalue weighted by Crippen LogP contribution is -2.13. The van der Waals surface area contributed by atoms with Crippen LogP contribution in [0.1, 0.15) is 26.3 Å². The Bertz CT molecular complexity index is 1760. The molecule has 0 heterocycles. The van der Waals surface area contributed by atoms with Crippen LogP contribution in [0.15, 0.2) is 84.9 Å². The number of phenolic OH excluding ortho intramolecular Hbond substituents is 1. The molecular weight excluding hydrogens is 456 g/mol. The minimum Gasteiger partial charge on any atom is -0.507 e. The highest BCUT2D eigenvalue weighted by Gasteiger charge is 2.28. The molecule has 0 aliphatic heterocycles. The lowest BCUT2D eigenvalue weighted by atomic mass is 9.76. The Morgan fingerprint density at radius 2 is 1.16 bits per heavy atom. The van der Waals surface area contributed by atoms with Crippen LogP contribution in [0, 0.1) is 0 Å². The first-order chi connectivity index (χ1) is 17.8. The van der Waals surface area contributed by atoms with Gasteiger partial charge in [-0.1, -0.05) is 75.4 Å². The Morgan fingerprint density at radius 3 is 1.73 bits per heavy atom. The van der Waals surface area contributed by atoms with E-state index in [4.69, 9.17) is 9.47 Å². The zero-order valence-corrected chi connectivity index (χ0v) is 21.8. The standard InChI is InChI=1S/C34H30O3/c1-34(2,3)27-19-23-8-6-7-20-13-18-26-29(21-9-14-24(36-4)15-10-21)33(35)30(32(27)31(26)28(20)23)22-11-16-25(37-5)17-12-22/h6-19,35H,1-5H3. The van der Waals surface area contributed by atoms with E-state index >= 15 is 0 Å². The van der Waals surface area contributed by atoms with E-state index in [0.29, 0.717) is 0 Å². The van der Waals surface area contributed by atoms with Crippen molar-refractivity contribution in [2.75, 3.05) is 14.2 Å². The average Bonchev–Trinajstić information content (AvgIpc) is 2.91. The fraction of sp³-hybridized carbons (Fsp3) is 0.176. The third-order valence-corrected chi connectivity index (χ3v) is 7.46. The molecule has 0 aliphatic carbocycles. The monoisotopic (exact) mass is 486 g/mol. The zero-order chi connectivity index (χ0) is 25.9. The first kappa shape index (κ1) is 23.2. The third kappa shape index (κ3) is 3.57. The summed E-state index contributed by atoms with van der Waals surface area (Å²) in [5.74, 6) is 1.85. The van der Waals surface area contributed by atoms with Crippen molar-refractivity contribution in [1.82, 2.24) is 0 Å². The highest BCUT2D eigenvalue weighted by molar-refractivity contribution is 6.30. The van der Waals surface area contributed by atoms with Crippen molar-refractivity contribution in [2.45, 2.75) is 26.2 Å². The number of rotatable bonds is 4. The Balaban J connectivity index is 1.87. The number of ether oxygens (including phenoxy) is 2. The van der Waals surface area contributed by atoms with E-state index in [1.54, 1.807) is 14.2 Å². The molecule has 0 aliphatic rings. The Kier molecular flexibility index (Phi) is 5.27. The minimum atomic E-state index is -0.141. The van der Waals surface area contributed by atoms with Crippen LogP contribution in [-0.2, 0) is 5.41 Å². The fourth-order valence-corrected chi connectivity index (χ4v) is 5.67. The summed E-state index contributed by atoms with van der Waals surface area (Å²) in [5, 5.41) is 19.1. The molecule has 0 atom stereocenters. The summed E-state index contributed by atoms with van der Waals surface area (Å²) in [6.45, 7) is 6.72. The Morgan fingerprint density at radius 1 is 0.595 bits per heavy atom. The van der Waals surface area contributed by atoms with Gasteiger partial charge in [-0.05, 0) is 84.8 Å². The van der Waals surface area contributed by atoms with Crippen LogP contribution in [0.3, 0.4) is 0 Å². The summed E-state index contributed by atoms with van der Waals surface area (Å²) in [7, 11) is 3.33. The number of methoxy groups -OCH3 is 2. The molecule has 6 aromatic carbocycles. The maximum absolute atomic E-state index is 12.1. The second-order valence-electron chi connectivity index (χ2n) is 10.7. The topological polar surface area (TPSA) is 38.7 Å². The van der Waals surface area contributed by atoms with Crippen molar-refractivity contribution in [3.8, 4) is 39.5 Å². The fourth-order valence-electron chi connectivity index (χ4n) is 5.67. The molecule has 0 aromatic heterocycles. The lowest BCUT2D eigenvalue weighted by molar-refractivity contribution is 0.415. The Labute approximate surface area is 217 Å². The van der Waals surface area contributed by atoms with E-state index in [-0.39, 0.29) is 11.2 Å². The second-order valence-corrected chi connectivity index (χ2v) is 10.7. The smallest absolute Gasteiger partial charge is 0.132 e. The quantitative estimate of drug-likeness (QED) is 0.253. The molecule has 3 heteroatoms. The van der Waals surface area contributed by atoms with E-state index < -0.39 is 0 Å². The van der Waals surface area contributed by atoms with Crippen LogP contribution in [0.4, 0.5) is 0 Å². The molecule has 1 N–H and O–H groups in total. The molecule has 3 nitrogen and oxygen atoms in total. The molecule has 6 rings (SSSR count). The van der Waals surface area contributed by atoms with Crippen LogP contribution in [0.25, 0.3) is 54.6 Å². The summed E-state index contributed by atoms with van der Waals surface area (Å²) in [6.07, 6.45) is 0. The van der Waals surface area contributed by atoms with Gasteiger partial charge < -0.3 is 14.6 Å². The molecule has 0 fully saturated rings. The lowest BCUT2D eigenvalue weighted by Gasteiger charge is -2.28. The van der Waals surface area contributed by atoms with Crippen LogP contribution in [0.2, 0.25) is 0 Å². The molecule has 0 bridgehead atoms.